The molecule has 0 amide bonds. The van der Waals surface area contributed by atoms with E-state index in [2.05, 4.69) is 0 Å². The van der Waals surface area contributed by atoms with Crippen LogP contribution in [0, 0.1) is 0 Å². The molecule has 0 atom stereocenters. The Morgan fingerprint density at radius 1 is 0.900 bits per heavy atom. The normalized spacial score (nSPS) is 9.00. The van der Waals surface area contributed by atoms with Crippen molar-refractivity contribution in [3.05, 3.63) is 0 Å². The second-order valence-corrected chi connectivity index (χ2v) is 2.62. The Morgan fingerprint density at radius 3 is 1.90 bits per heavy atom. The van der Waals surface area contributed by atoms with E-state index in [-0.39, 0.29) is 12.4 Å². The monoisotopic (exact) mass is 185 g/mol. The fraction of sp³-hybridized carbons (Fsp3) is 1.00. The molecule has 10 heavy (non-hydrogen) atoms. The lowest BCUT2D eigenvalue weighted by molar-refractivity contribution is 0.640. The molecular formula is C7H17Cl2N. The Kier molecular flexibility index (Phi) is 16.1. The van der Waals surface area contributed by atoms with Crippen LogP contribution in [-0.2, 0) is 0 Å². The van der Waals surface area contributed by atoms with E-state index in [1.54, 1.807) is 0 Å². The molecule has 0 aromatic heterocycles. The summed E-state index contributed by atoms with van der Waals surface area (Å²) in [5.41, 5.74) is 5.32. The van der Waals surface area contributed by atoms with Crippen molar-refractivity contribution < 1.29 is 0 Å². The Bertz CT molecular complexity index is 44.9. The zero-order chi connectivity index (χ0) is 6.95. The van der Waals surface area contributed by atoms with Gasteiger partial charge in [0.1, 0.15) is 0 Å². The highest BCUT2D eigenvalue weighted by Crippen LogP contribution is 2.02. The van der Waals surface area contributed by atoms with Crippen molar-refractivity contribution in [2.45, 2.75) is 32.1 Å². The van der Waals surface area contributed by atoms with Crippen LogP contribution in [0.2, 0.25) is 0 Å². The SMILES string of the molecule is Cl.NCCCCCCCCl. The molecule has 0 heterocycles. The van der Waals surface area contributed by atoms with E-state index < -0.39 is 0 Å². The first-order chi connectivity index (χ1) is 4.41. The Balaban J connectivity index is 0. The average Bonchev–Trinajstić information content (AvgIpc) is 1.89. The van der Waals surface area contributed by atoms with Crippen LogP contribution in [-0.4, -0.2) is 12.4 Å². The summed E-state index contributed by atoms with van der Waals surface area (Å²) in [7, 11) is 0. The molecule has 2 N–H and O–H groups in total. The number of nitrogens with two attached hydrogens (primary N) is 1. The number of alkyl halides is 1. The first kappa shape index (κ1) is 13.2. The summed E-state index contributed by atoms with van der Waals surface area (Å²) in [5.74, 6) is 0.808. The van der Waals surface area contributed by atoms with Gasteiger partial charge in [-0.05, 0) is 19.4 Å². The maximum Gasteiger partial charge on any atom is 0.0223 e. The zero-order valence-electron chi connectivity index (χ0n) is 6.31. The number of rotatable bonds is 6. The van der Waals surface area contributed by atoms with E-state index in [0.717, 1.165) is 18.8 Å². The summed E-state index contributed by atoms with van der Waals surface area (Å²) in [6.07, 6.45) is 6.16. The molecule has 0 aliphatic carbocycles. The maximum atomic E-state index is 5.49. The lowest BCUT2D eigenvalue weighted by atomic mass is 10.2. The molecule has 1 nitrogen and oxygen atoms in total. The van der Waals surface area contributed by atoms with Crippen molar-refractivity contribution in [3.8, 4) is 0 Å². The van der Waals surface area contributed by atoms with Gasteiger partial charge in [-0.3, -0.25) is 0 Å². The van der Waals surface area contributed by atoms with Crippen LogP contribution in [0.5, 0.6) is 0 Å². The van der Waals surface area contributed by atoms with E-state index in [1.165, 1.54) is 25.7 Å². The van der Waals surface area contributed by atoms with E-state index >= 15 is 0 Å². The van der Waals surface area contributed by atoms with Crippen LogP contribution in [0.4, 0.5) is 0 Å². The van der Waals surface area contributed by atoms with Crippen LogP contribution in [0.25, 0.3) is 0 Å². The van der Waals surface area contributed by atoms with Gasteiger partial charge in [-0.1, -0.05) is 19.3 Å². The topological polar surface area (TPSA) is 26.0 Å². The van der Waals surface area contributed by atoms with Crippen molar-refractivity contribution in [2.75, 3.05) is 12.4 Å². The molecule has 0 saturated carbocycles. The van der Waals surface area contributed by atoms with E-state index in [4.69, 9.17) is 17.3 Å². The molecule has 0 rings (SSSR count). The van der Waals surface area contributed by atoms with Crippen LogP contribution < -0.4 is 5.73 Å². The molecule has 0 aromatic rings. The third kappa shape index (κ3) is 11.4. The van der Waals surface area contributed by atoms with Crippen molar-refractivity contribution in [1.82, 2.24) is 0 Å². The van der Waals surface area contributed by atoms with Crippen molar-refractivity contribution in [1.29, 1.82) is 0 Å². The van der Waals surface area contributed by atoms with E-state index in [0.29, 0.717) is 0 Å². The highest BCUT2D eigenvalue weighted by atomic mass is 35.5. The van der Waals surface area contributed by atoms with Gasteiger partial charge in [0, 0.05) is 5.88 Å². The minimum Gasteiger partial charge on any atom is -0.330 e. The van der Waals surface area contributed by atoms with Gasteiger partial charge in [-0.15, -0.1) is 24.0 Å². The van der Waals surface area contributed by atoms with E-state index in [1.807, 2.05) is 0 Å². The van der Waals surface area contributed by atoms with Gasteiger partial charge in [0.2, 0.25) is 0 Å². The fourth-order valence-electron chi connectivity index (χ4n) is 0.769. The Morgan fingerprint density at radius 2 is 1.40 bits per heavy atom. The zero-order valence-corrected chi connectivity index (χ0v) is 7.89. The molecule has 0 aliphatic rings. The lowest BCUT2D eigenvalue weighted by Crippen LogP contribution is -1.97. The summed E-state index contributed by atoms with van der Waals surface area (Å²) >= 11 is 5.49. The number of halogens is 2. The van der Waals surface area contributed by atoms with Gasteiger partial charge in [-0.25, -0.2) is 0 Å². The number of hydrogen-bond donors (Lipinski definition) is 1. The summed E-state index contributed by atoms with van der Waals surface area (Å²) in [6, 6.07) is 0. The van der Waals surface area contributed by atoms with Crippen LogP contribution >= 0.6 is 24.0 Å². The minimum atomic E-state index is 0. The Labute approximate surface area is 74.7 Å². The van der Waals surface area contributed by atoms with E-state index in [9.17, 15) is 0 Å². The quantitative estimate of drug-likeness (QED) is 0.500. The van der Waals surface area contributed by atoms with Crippen molar-refractivity contribution in [3.63, 3.8) is 0 Å². The third-order valence-corrected chi connectivity index (χ3v) is 1.61. The molecule has 0 radical (unpaired) electrons. The predicted octanol–water partition coefficient (Wildman–Crippen LogP) is 2.56. The average molecular weight is 186 g/mol. The first-order valence-electron chi connectivity index (χ1n) is 3.68. The van der Waals surface area contributed by atoms with Gasteiger partial charge in [0.05, 0.1) is 0 Å². The molecule has 3 heteroatoms. The molecule has 0 spiro atoms. The van der Waals surface area contributed by atoms with Crippen LogP contribution in [0.1, 0.15) is 32.1 Å². The van der Waals surface area contributed by atoms with Crippen molar-refractivity contribution in [2.24, 2.45) is 5.73 Å². The molecule has 0 bridgehead atoms. The number of unbranched alkanes of at least 4 members (excludes halogenated alkanes) is 4. The summed E-state index contributed by atoms with van der Waals surface area (Å²) < 4.78 is 0. The summed E-state index contributed by atoms with van der Waals surface area (Å²) in [4.78, 5) is 0. The van der Waals surface area contributed by atoms with Gasteiger partial charge >= 0.3 is 0 Å². The molecule has 0 unspecified atom stereocenters. The molecular weight excluding hydrogens is 169 g/mol. The van der Waals surface area contributed by atoms with Crippen LogP contribution in [0.15, 0.2) is 0 Å². The standard InChI is InChI=1S/C7H16ClN.ClH/c8-6-4-2-1-3-5-7-9;/h1-7,9H2;1H. The smallest absolute Gasteiger partial charge is 0.0223 e. The summed E-state index contributed by atoms with van der Waals surface area (Å²) in [6.45, 7) is 0.834. The Hall–Kier alpha value is 0.540. The lowest BCUT2D eigenvalue weighted by Gasteiger charge is -1.95. The highest BCUT2D eigenvalue weighted by molar-refractivity contribution is 6.17. The largest absolute Gasteiger partial charge is 0.330 e. The van der Waals surface area contributed by atoms with Gasteiger partial charge in [-0.2, -0.15) is 0 Å². The maximum absolute atomic E-state index is 5.49. The molecule has 0 saturated heterocycles. The summed E-state index contributed by atoms with van der Waals surface area (Å²) in [5, 5.41) is 0. The third-order valence-electron chi connectivity index (χ3n) is 1.34. The fourth-order valence-corrected chi connectivity index (χ4v) is 0.958. The van der Waals surface area contributed by atoms with Gasteiger partial charge < -0.3 is 5.73 Å². The molecule has 0 fully saturated rings. The van der Waals surface area contributed by atoms with Gasteiger partial charge in [0.25, 0.3) is 0 Å². The van der Waals surface area contributed by atoms with Crippen molar-refractivity contribution >= 4 is 24.0 Å². The van der Waals surface area contributed by atoms with Crippen LogP contribution in [0.3, 0.4) is 0 Å². The first-order valence-corrected chi connectivity index (χ1v) is 4.21. The molecule has 0 aromatic carbocycles. The van der Waals surface area contributed by atoms with Gasteiger partial charge in [0.15, 0.2) is 0 Å². The second kappa shape index (κ2) is 12.2. The molecule has 64 valence electrons. The minimum absolute atomic E-state index is 0. The molecule has 0 aliphatic heterocycles. The predicted molar refractivity (Wildman–Crippen MR) is 50.1 cm³/mol. The second-order valence-electron chi connectivity index (χ2n) is 2.25. The highest BCUT2D eigenvalue weighted by Gasteiger charge is 1.86. The number of hydrogen-bond acceptors (Lipinski definition) is 1.